The SMILES string of the molecule is CCOc1ccc(Oc2ccc(Cl)cc2NC(=O)c2cnc(C)s2)cc1. The maximum absolute atomic E-state index is 12.4. The van der Waals surface area contributed by atoms with Crippen LogP contribution in [0.4, 0.5) is 5.69 Å². The summed E-state index contributed by atoms with van der Waals surface area (Å²) < 4.78 is 11.3. The van der Waals surface area contributed by atoms with Crippen molar-refractivity contribution in [2.75, 3.05) is 11.9 Å². The normalized spacial score (nSPS) is 10.4. The molecule has 0 radical (unpaired) electrons. The summed E-state index contributed by atoms with van der Waals surface area (Å²) in [4.78, 5) is 17.0. The number of nitrogens with one attached hydrogen (secondary N) is 1. The van der Waals surface area contributed by atoms with Crippen LogP contribution in [0.2, 0.25) is 5.02 Å². The zero-order valence-corrected chi connectivity index (χ0v) is 15.9. The molecule has 0 saturated carbocycles. The first-order valence-electron chi connectivity index (χ1n) is 7.99. The van der Waals surface area contributed by atoms with E-state index in [0.29, 0.717) is 33.7 Å². The predicted octanol–water partition coefficient (Wildman–Crippen LogP) is 5.55. The largest absolute Gasteiger partial charge is 0.494 e. The van der Waals surface area contributed by atoms with E-state index < -0.39 is 0 Å². The number of rotatable bonds is 6. The monoisotopic (exact) mass is 388 g/mol. The van der Waals surface area contributed by atoms with Gasteiger partial charge in [0.2, 0.25) is 0 Å². The molecule has 3 aromatic rings. The van der Waals surface area contributed by atoms with Gasteiger partial charge in [-0.05, 0) is 56.3 Å². The first-order chi connectivity index (χ1) is 12.5. The summed E-state index contributed by atoms with van der Waals surface area (Å²) in [6.07, 6.45) is 1.55. The average molecular weight is 389 g/mol. The van der Waals surface area contributed by atoms with Crippen molar-refractivity contribution in [2.45, 2.75) is 13.8 Å². The maximum Gasteiger partial charge on any atom is 0.267 e. The molecular weight excluding hydrogens is 372 g/mol. The topological polar surface area (TPSA) is 60.5 Å². The van der Waals surface area contributed by atoms with Crippen LogP contribution >= 0.6 is 22.9 Å². The molecule has 0 aliphatic carbocycles. The lowest BCUT2D eigenvalue weighted by Crippen LogP contribution is -2.11. The molecule has 5 nitrogen and oxygen atoms in total. The van der Waals surface area contributed by atoms with Crippen LogP contribution in [0, 0.1) is 6.92 Å². The van der Waals surface area contributed by atoms with Gasteiger partial charge in [0.05, 0.1) is 23.5 Å². The summed E-state index contributed by atoms with van der Waals surface area (Å²) >= 11 is 7.40. The van der Waals surface area contributed by atoms with Crippen LogP contribution in [0.5, 0.6) is 17.2 Å². The third kappa shape index (κ3) is 4.53. The second kappa shape index (κ2) is 8.21. The van der Waals surface area contributed by atoms with E-state index in [1.165, 1.54) is 11.3 Å². The fraction of sp³-hybridized carbons (Fsp3) is 0.158. The fourth-order valence-corrected chi connectivity index (χ4v) is 3.08. The molecule has 3 rings (SSSR count). The van der Waals surface area contributed by atoms with Crippen molar-refractivity contribution in [3.05, 3.63) is 63.6 Å². The second-order valence-electron chi connectivity index (χ2n) is 5.34. The molecular formula is C19H17ClN2O3S. The van der Waals surface area contributed by atoms with E-state index in [-0.39, 0.29) is 5.91 Å². The molecule has 0 spiro atoms. The van der Waals surface area contributed by atoms with Gasteiger partial charge in [-0.1, -0.05) is 11.6 Å². The third-order valence-corrected chi connectivity index (χ3v) is 4.54. The lowest BCUT2D eigenvalue weighted by Gasteiger charge is -2.13. The number of ether oxygens (including phenoxy) is 2. The minimum atomic E-state index is -0.255. The van der Waals surface area contributed by atoms with Gasteiger partial charge in [0.1, 0.15) is 16.4 Å². The van der Waals surface area contributed by atoms with E-state index in [4.69, 9.17) is 21.1 Å². The van der Waals surface area contributed by atoms with Crippen molar-refractivity contribution < 1.29 is 14.3 Å². The van der Waals surface area contributed by atoms with Crippen LogP contribution in [0.1, 0.15) is 21.6 Å². The lowest BCUT2D eigenvalue weighted by molar-refractivity contribution is 0.103. The Kier molecular flexibility index (Phi) is 5.75. The van der Waals surface area contributed by atoms with Crippen LogP contribution in [0.3, 0.4) is 0 Å². The van der Waals surface area contributed by atoms with E-state index in [1.54, 1.807) is 36.5 Å². The number of benzene rings is 2. The summed E-state index contributed by atoms with van der Waals surface area (Å²) in [5.74, 6) is 1.63. The molecule has 1 heterocycles. The Balaban J connectivity index is 1.80. The van der Waals surface area contributed by atoms with E-state index in [0.717, 1.165) is 10.8 Å². The van der Waals surface area contributed by atoms with Crippen LogP contribution in [0.25, 0.3) is 0 Å². The fourth-order valence-electron chi connectivity index (χ4n) is 2.24. The van der Waals surface area contributed by atoms with E-state index in [2.05, 4.69) is 10.3 Å². The van der Waals surface area contributed by atoms with Crippen molar-refractivity contribution in [3.63, 3.8) is 0 Å². The standard InChI is InChI=1S/C19H17ClN2O3S/c1-3-24-14-5-7-15(8-6-14)25-17-9-4-13(20)10-16(17)22-19(23)18-11-21-12(2)26-18/h4-11H,3H2,1-2H3,(H,22,23). The number of thiazole rings is 1. The molecule has 1 aromatic heterocycles. The molecule has 1 N–H and O–H groups in total. The number of halogens is 1. The second-order valence-corrected chi connectivity index (χ2v) is 7.02. The number of hydrogen-bond acceptors (Lipinski definition) is 5. The Labute approximate surface area is 160 Å². The van der Waals surface area contributed by atoms with Gasteiger partial charge in [-0.3, -0.25) is 4.79 Å². The number of amides is 1. The minimum Gasteiger partial charge on any atom is -0.494 e. The van der Waals surface area contributed by atoms with E-state index in [1.807, 2.05) is 26.0 Å². The summed E-state index contributed by atoms with van der Waals surface area (Å²) in [6, 6.07) is 12.3. The zero-order valence-electron chi connectivity index (χ0n) is 14.3. The van der Waals surface area contributed by atoms with Gasteiger partial charge in [-0.15, -0.1) is 11.3 Å². The van der Waals surface area contributed by atoms with Gasteiger partial charge in [-0.2, -0.15) is 0 Å². The van der Waals surface area contributed by atoms with Gasteiger partial charge >= 0.3 is 0 Å². The quantitative estimate of drug-likeness (QED) is 0.601. The predicted molar refractivity (Wildman–Crippen MR) is 104 cm³/mol. The van der Waals surface area contributed by atoms with Gasteiger partial charge in [0.25, 0.3) is 5.91 Å². The van der Waals surface area contributed by atoms with Crippen LogP contribution in [-0.4, -0.2) is 17.5 Å². The molecule has 0 aliphatic heterocycles. The molecule has 0 fully saturated rings. The Bertz CT molecular complexity index is 909. The number of carbonyl (C=O) groups is 1. The molecule has 0 aliphatic rings. The molecule has 134 valence electrons. The summed E-state index contributed by atoms with van der Waals surface area (Å²) in [5.41, 5.74) is 0.488. The van der Waals surface area contributed by atoms with Gasteiger partial charge in [0.15, 0.2) is 5.75 Å². The van der Waals surface area contributed by atoms with Gasteiger partial charge in [0, 0.05) is 5.02 Å². The highest BCUT2D eigenvalue weighted by molar-refractivity contribution is 7.13. The Morgan fingerprint density at radius 3 is 2.58 bits per heavy atom. The third-order valence-electron chi connectivity index (χ3n) is 3.40. The van der Waals surface area contributed by atoms with Crippen molar-refractivity contribution in [1.29, 1.82) is 0 Å². The molecule has 0 atom stereocenters. The smallest absolute Gasteiger partial charge is 0.267 e. The first-order valence-corrected chi connectivity index (χ1v) is 9.18. The highest BCUT2D eigenvalue weighted by atomic mass is 35.5. The summed E-state index contributed by atoms with van der Waals surface area (Å²) in [7, 11) is 0. The van der Waals surface area contributed by atoms with E-state index >= 15 is 0 Å². The molecule has 0 bridgehead atoms. The summed E-state index contributed by atoms with van der Waals surface area (Å²) in [6.45, 7) is 4.38. The van der Waals surface area contributed by atoms with Gasteiger partial charge in [-0.25, -0.2) is 4.98 Å². The van der Waals surface area contributed by atoms with Crippen molar-refractivity contribution in [3.8, 4) is 17.2 Å². The number of hydrogen-bond donors (Lipinski definition) is 1. The minimum absolute atomic E-state index is 0.255. The van der Waals surface area contributed by atoms with Crippen LogP contribution < -0.4 is 14.8 Å². The van der Waals surface area contributed by atoms with Crippen molar-refractivity contribution >= 4 is 34.5 Å². The molecule has 1 amide bonds. The number of aromatic nitrogens is 1. The average Bonchev–Trinajstić information content (AvgIpc) is 3.06. The van der Waals surface area contributed by atoms with Crippen molar-refractivity contribution in [2.24, 2.45) is 0 Å². The van der Waals surface area contributed by atoms with Crippen LogP contribution in [-0.2, 0) is 0 Å². The van der Waals surface area contributed by atoms with Crippen LogP contribution in [0.15, 0.2) is 48.7 Å². The Morgan fingerprint density at radius 1 is 1.19 bits per heavy atom. The molecule has 0 unspecified atom stereocenters. The highest BCUT2D eigenvalue weighted by Gasteiger charge is 2.13. The maximum atomic E-state index is 12.4. The molecule has 7 heteroatoms. The van der Waals surface area contributed by atoms with E-state index in [9.17, 15) is 4.79 Å². The first kappa shape index (κ1) is 18.2. The molecule has 2 aromatic carbocycles. The number of anilines is 1. The Morgan fingerprint density at radius 2 is 1.92 bits per heavy atom. The number of carbonyl (C=O) groups excluding carboxylic acids is 1. The molecule has 26 heavy (non-hydrogen) atoms. The number of aryl methyl sites for hydroxylation is 1. The van der Waals surface area contributed by atoms with Gasteiger partial charge < -0.3 is 14.8 Å². The Hall–Kier alpha value is -2.57. The highest BCUT2D eigenvalue weighted by Crippen LogP contribution is 2.33. The molecule has 0 saturated heterocycles. The number of nitrogens with zero attached hydrogens (tertiary/aromatic N) is 1. The zero-order chi connectivity index (χ0) is 18.5. The lowest BCUT2D eigenvalue weighted by atomic mass is 10.2. The summed E-state index contributed by atoms with van der Waals surface area (Å²) in [5, 5.41) is 4.16. The van der Waals surface area contributed by atoms with Crippen molar-refractivity contribution in [1.82, 2.24) is 4.98 Å².